The lowest BCUT2D eigenvalue weighted by Crippen LogP contribution is -2.34. The molecule has 0 N–H and O–H groups in total. The van der Waals surface area contributed by atoms with E-state index < -0.39 is 28.8 Å². The molecule has 0 fully saturated rings. The summed E-state index contributed by atoms with van der Waals surface area (Å²) in [5.74, 6) is -3.37. The van der Waals surface area contributed by atoms with E-state index in [2.05, 4.69) is 5.10 Å². The minimum atomic E-state index is -1.03. The Bertz CT molecular complexity index is 1330. The number of nitrogens with zero attached hydrogens (tertiary/aromatic N) is 3. The molecular weight excluding hydrogens is 422 g/mol. The van der Waals surface area contributed by atoms with Crippen molar-refractivity contribution in [1.82, 2.24) is 14.7 Å². The standard InChI is InChI=1S/C24H19F4N3O/c1-2-30(13-18-19(25)8-5-9-20(18)26)14-31-24(32)17-7-4-3-6-16(17)23(29-31)15-10-11-21(27)22(28)12-15/h3-12H,2,13-14H2,1H3. The number of halogens is 4. The summed E-state index contributed by atoms with van der Waals surface area (Å²) in [6, 6.07) is 13.7. The number of aromatic nitrogens is 2. The molecule has 0 aliphatic heterocycles. The largest absolute Gasteiger partial charge is 0.280 e. The van der Waals surface area contributed by atoms with Gasteiger partial charge in [-0.25, -0.2) is 22.2 Å². The fraction of sp³-hybridized carbons (Fsp3) is 0.167. The quantitative estimate of drug-likeness (QED) is 0.391. The fourth-order valence-electron chi connectivity index (χ4n) is 3.55. The van der Waals surface area contributed by atoms with Gasteiger partial charge in [0.2, 0.25) is 0 Å². The SMILES string of the molecule is CCN(Cc1c(F)cccc1F)Cn1nc(-c2ccc(F)c(F)c2)c2ccccc2c1=O. The minimum absolute atomic E-state index is 0.0510. The van der Waals surface area contributed by atoms with Crippen molar-refractivity contribution in [2.75, 3.05) is 6.54 Å². The van der Waals surface area contributed by atoms with Crippen LogP contribution < -0.4 is 5.56 Å². The van der Waals surface area contributed by atoms with E-state index in [0.717, 1.165) is 12.1 Å². The highest BCUT2D eigenvalue weighted by atomic mass is 19.2. The van der Waals surface area contributed by atoms with Crippen molar-refractivity contribution in [3.8, 4) is 11.3 Å². The Hall–Kier alpha value is -3.52. The van der Waals surface area contributed by atoms with E-state index in [4.69, 9.17) is 0 Å². The van der Waals surface area contributed by atoms with E-state index in [0.29, 0.717) is 28.6 Å². The maximum Gasteiger partial charge on any atom is 0.275 e. The van der Waals surface area contributed by atoms with Gasteiger partial charge < -0.3 is 0 Å². The maximum absolute atomic E-state index is 14.1. The highest BCUT2D eigenvalue weighted by Crippen LogP contribution is 2.26. The zero-order chi connectivity index (χ0) is 22.8. The van der Waals surface area contributed by atoms with Crippen LogP contribution in [0.25, 0.3) is 22.0 Å². The van der Waals surface area contributed by atoms with E-state index in [9.17, 15) is 22.4 Å². The second-order valence-electron chi connectivity index (χ2n) is 7.31. The average molecular weight is 441 g/mol. The molecule has 0 atom stereocenters. The summed E-state index contributed by atoms with van der Waals surface area (Å²) >= 11 is 0. The highest BCUT2D eigenvalue weighted by molar-refractivity contribution is 5.93. The topological polar surface area (TPSA) is 38.1 Å². The second kappa shape index (κ2) is 8.92. The molecule has 0 spiro atoms. The molecule has 0 saturated heterocycles. The third-order valence-corrected chi connectivity index (χ3v) is 5.29. The van der Waals surface area contributed by atoms with E-state index in [1.165, 1.54) is 28.9 Å². The molecule has 0 unspecified atom stereocenters. The van der Waals surface area contributed by atoms with Crippen LogP contribution in [0.5, 0.6) is 0 Å². The normalized spacial score (nSPS) is 11.4. The van der Waals surface area contributed by atoms with Crippen LogP contribution >= 0.6 is 0 Å². The average Bonchev–Trinajstić information content (AvgIpc) is 2.79. The Morgan fingerprint density at radius 2 is 1.53 bits per heavy atom. The molecule has 4 nitrogen and oxygen atoms in total. The van der Waals surface area contributed by atoms with Crippen LogP contribution in [0.3, 0.4) is 0 Å². The lowest BCUT2D eigenvalue weighted by atomic mass is 10.0. The van der Waals surface area contributed by atoms with Crippen molar-refractivity contribution in [3.63, 3.8) is 0 Å². The third-order valence-electron chi connectivity index (χ3n) is 5.29. The van der Waals surface area contributed by atoms with E-state index in [1.807, 2.05) is 0 Å². The summed E-state index contributed by atoms with van der Waals surface area (Å²) in [6.45, 7) is 2.05. The fourth-order valence-corrected chi connectivity index (χ4v) is 3.55. The van der Waals surface area contributed by atoms with E-state index in [1.54, 1.807) is 36.1 Å². The van der Waals surface area contributed by atoms with Crippen LogP contribution in [0.4, 0.5) is 17.6 Å². The van der Waals surface area contributed by atoms with E-state index >= 15 is 0 Å². The Morgan fingerprint density at radius 3 is 2.19 bits per heavy atom. The summed E-state index contributed by atoms with van der Waals surface area (Å²) in [5.41, 5.74) is 0.0904. The van der Waals surface area contributed by atoms with Crippen molar-refractivity contribution in [2.24, 2.45) is 0 Å². The molecular formula is C24H19F4N3O. The number of fused-ring (bicyclic) bond motifs is 1. The van der Waals surface area contributed by atoms with Crippen LogP contribution in [-0.2, 0) is 13.2 Å². The van der Waals surface area contributed by atoms with Gasteiger partial charge in [0.15, 0.2) is 11.6 Å². The van der Waals surface area contributed by atoms with Gasteiger partial charge in [0.05, 0.1) is 17.7 Å². The molecule has 4 rings (SSSR count). The summed E-state index contributed by atoms with van der Waals surface area (Å²) in [4.78, 5) is 14.7. The highest BCUT2D eigenvalue weighted by Gasteiger charge is 2.17. The van der Waals surface area contributed by atoms with Gasteiger partial charge in [-0.05, 0) is 42.9 Å². The monoisotopic (exact) mass is 441 g/mol. The van der Waals surface area contributed by atoms with Crippen LogP contribution in [0.1, 0.15) is 12.5 Å². The van der Waals surface area contributed by atoms with Crippen LogP contribution in [-0.4, -0.2) is 21.2 Å². The van der Waals surface area contributed by atoms with Gasteiger partial charge in [0, 0.05) is 23.1 Å². The maximum atomic E-state index is 14.1. The molecule has 0 saturated carbocycles. The molecule has 1 heterocycles. The Labute approximate surface area is 181 Å². The first-order valence-corrected chi connectivity index (χ1v) is 9.99. The molecule has 4 aromatic rings. The van der Waals surface area contributed by atoms with Gasteiger partial charge in [0.1, 0.15) is 11.6 Å². The lowest BCUT2D eigenvalue weighted by Gasteiger charge is -2.22. The van der Waals surface area contributed by atoms with E-state index in [-0.39, 0.29) is 18.8 Å². The van der Waals surface area contributed by atoms with Crippen LogP contribution in [0.2, 0.25) is 0 Å². The van der Waals surface area contributed by atoms with Crippen molar-refractivity contribution >= 4 is 10.8 Å². The summed E-state index contributed by atoms with van der Waals surface area (Å²) in [5, 5.41) is 5.23. The smallest absolute Gasteiger partial charge is 0.275 e. The molecule has 164 valence electrons. The Balaban J connectivity index is 1.79. The molecule has 32 heavy (non-hydrogen) atoms. The summed E-state index contributed by atoms with van der Waals surface area (Å²) < 4.78 is 56.7. The second-order valence-corrected chi connectivity index (χ2v) is 7.31. The minimum Gasteiger partial charge on any atom is -0.280 e. The first-order chi connectivity index (χ1) is 15.4. The summed E-state index contributed by atoms with van der Waals surface area (Å²) in [6.07, 6.45) is 0. The molecule has 1 aromatic heterocycles. The van der Waals surface area contributed by atoms with Crippen LogP contribution in [0, 0.1) is 23.3 Å². The number of hydrogen-bond acceptors (Lipinski definition) is 3. The van der Waals surface area contributed by atoms with Crippen molar-refractivity contribution in [2.45, 2.75) is 20.1 Å². The van der Waals surface area contributed by atoms with Crippen molar-refractivity contribution in [3.05, 3.63) is 99.8 Å². The lowest BCUT2D eigenvalue weighted by molar-refractivity contribution is 0.200. The molecule has 0 aliphatic carbocycles. The molecule has 0 radical (unpaired) electrons. The third kappa shape index (κ3) is 4.13. The molecule has 0 aliphatic rings. The predicted octanol–water partition coefficient (Wildman–Crippen LogP) is 5.10. The first kappa shape index (κ1) is 21.7. The predicted molar refractivity (Wildman–Crippen MR) is 114 cm³/mol. The van der Waals surface area contributed by atoms with Crippen molar-refractivity contribution in [1.29, 1.82) is 0 Å². The van der Waals surface area contributed by atoms with Gasteiger partial charge in [-0.3, -0.25) is 9.69 Å². The van der Waals surface area contributed by atoms with Gasteiger partial charge in [-0.15, -0.1) is 0 Å². The Morgan fingerprint density at radius 1 is 0.844 bits per heavy atom. The molecule has 0 amide bonds. The van der Waals surface area contributed by atoms with Crippen molar-refractivity contribution < 1.29 is 17.6 Å². The number of rotatable bonds is 6. The molecule has 8 heteroatoms. The number of hydrogen-bond donors (Lipinski definition) is 0. The van der Waals surface area contributed by atoms with Gasteiger partial charge in [-0.1, -0.05) is 31.2 Å². The summed E-state index contributed by atoms with van der Waals surface area (Å²) in [7, 11) is 0. The number of benzene rings is 3. The van der Waals surface area contributed by atoms with Gasteiger partial charge in [-0.2, -0.15) is 5.10 Å². The Kier molecular flexibility index (Phi) is 6.05. The first-order valence-electron chi connectivity index (χ1n) is 9.99. The zero-order valence-corrected chi connectivity index (χ0v) is 17.2. The van der Waals surface area contributed by atoms with Gasteiger partial charge >= 0.3 is 0 Å². The molecule has 3 aromatic carbocycles. The van der Waals surface area contributed by atoms with Crippen LogP contribution in [0.15, 0.2) is 65.5 Å². The van der Waals surface area contributed by atoms with Gasteiger partial charge in [0.25, 0.3) is 5.56 Å². The zero-order valence-electron chi connectivity index (χ0n) is 17.2. The molecule has 0 bridgehead atoms.